The fourth-order valence-corrected chi connectivity index (χ4v) is 4.07. The number of hydrogen-bond donors (Lipinski definition) is 3. The summed E-state index contributed by atoms with van der Waals surface area (Å²) in [5, 5.41) is 22.3. The van der Waals surface area contributed by atoms with Crippen molar-refractivity contribution in [2.45, 2.75) is 6.10 Å². The average molecular weight is 468 g/mol. The van der Waals surface area contributed by atoms with Crippen LogP contribution in [0.3, 0.4) is 0 Å². The molecular formula is C27H18ClN3O3. The Kier molecular flexibility index (Phi) is 5.64. The molecule has 1 unspecified atom stereocenters. The summed E-state index contributed by atoms with van der Waals surface area (Å²) in [5.41, 5.74) is 3.29. The first kappa shape index (κ1) is 21.5. The summed E-state index contributed by atoms with van der Waals surface area (Å²) in [5.74, 6) is 5.25. The lowest BCUT2D eigenvalue weighted by atomic mass is 10.0. The van der Waals surface area contributed by atoms with Crippen molar-refractivity contribution in [3.05, 3.63) is 112 Å². The lowest BCUT2D eigenvalue weighted by Gasteiger charge is -2.17. The average Bonchev–Trinajstić information content (AvgIpc) is 3.33. The summed E-state index contributed by atoms with van der Waals surface area (Å²) >= 11 is 6.50. The minimum atomic E-state index is -1.27. The van der Waals surface area contributed by atoms with Crippen molar-refractivity contribution >= 4 is 22.6 Å². The molecule has 34 heavy (non-hydrogen) atoms. The van der Waals surface area contributed by atoms with Crippen LogP contribution in [0.1, 0.15) is 17.4 Å². The third-order valence-corrected chi connectivity index (χ3v) is 5.71. The summed E-state index contributed by atoms with van der Waals surface area (Å²) in [7, 11) is 0. The molecule has 0 spiro atoms. The molecule has 3 heterocycles. The zero-order chi connectivity index (χ0) is 23.7. The standard InChI is InChI=1S/C27H18ClN3O3/c28-21-15-30-27-20(11-12-29-27)26(21)18-7-4-8-19(13-18)31-16-25(34)24(33)14-22(31)23(32)10-9-17-5-2-1-3-6-17/h1-8,11-16,23,32,34H,(H,29,30). The zero-order valence-electron chi connectivity index (χ0n) is 17.7. The maximum absolute atomic E-state index is 12.2. The monoisotopic (exact) mass is 467 g/mol. The van der Waals surface area contributed by atoms with Crippen LogP contribution < -0.4 is 5.43 Å². The number of rotatable bonds is 3. The van der Waals surface area contributed by atoms with Crippen molar-refractivity contribution < 1.29 is 10.2 Å². The van der Waals surface area contributed by atoms with Crippen LogP contribution >= 0.6 is 11.6 Å². The Balaban J connectivity index is 1.63. The molecule has 0 radical (unpaired) electrons. The molecule has 7 heteroatoms. The lowest BCUT2D eigenvalue weighted by Crippen LogP contribution is -2.14. The number of halogens is 1. The van der Waals surface area contributed by atoms with Gasteiger partial charge in [-0.25, -0.2) is 4.98 Å². The van der Waals surface area contributed by atoms with Crippen molar-refractivity contribution in [1.29, 1.82) is 0 Å². The number of nitrogens with zero attached hydrogens (tertiary/aromatic N) is 2. The summed E-state index contributed by atoms with van der Waals surface area (Å²) in [6.45, 7) is 0. The molecule has 0 fully saturated rings. The third kappa shape index (κ3) is 4.06. The normalized spacial score (nSPS) is 11.7. The topological polar surface area (TPSA) is 91.1 Å². The molecule has 6 nitrogen and oxygen atoms in total. The Morgan fingerprint density at radius 3 is 2.71 bits per heavy atom. The highest BCUT2D eigenvalue weighted by Crippen LogP contribution is 2.35. The van der Waals surface area contributed by atoms with E-state index in [1.807, 2.05) is 54.6 Å². The molecule has 0 saturated heterocycles. The molecule has 5 aromatic rings. The van der Waals surface area contributed by atoms with E-state index in [4.69, 9.17) is 11.6 Å². The van der Waals surface area contributed by atoms with Gasteiger partial charge in [-0.15, -0.1) is 0 Å². The molecule has 0 aliphatic rings. The second-order valence-electron chi connectivity index (χ2n) is 7.63. The molecule has 3 N–H and O–H groups in total. The van der Waals surface area contributed by atoms with Crippen LogP contribution in [0.4, 0.5) is 0 Å². The Hall–Kier alpha value is -4.31. The van der Waals surface area contributed by atoms with E-state index < -0.39 is 17.3 Å². The van der Waals surface area contributed by atoms with Crippen LogP contribution in [0.5, 0.6) is 5.75 Å². The molecule has 0 aliphatic carbocycles. The second-order valence-corrected chi connectivity index (χ2v) is 8.03. The van der Waals surface area contributed by atoms with Crippen LogP contribution in [0.25, 0.3) is 27.8 Å². The number of benzene rings is 2. The number of pyridine rings is 2. The van der Waals surface area contributed by atoms with Gasteiger partial charge in [0.2, 0.25) is 5.43 Å². The largest absolute Gasteiger partial charge is 0.503 e. The van der Waals surface area contributed by atoms with E-state index in [1.165, 1.54) is 12.3 Å². The molecule has 2 aromatic carbocycles. The Morgan fingerprint density at radius 2 is 1.88 bits per heavy atom. The first-order valence-corrected chi connectivity index (χ1v) is 10.8. The molecule has 1 atom stereocenters. The van der Waals surface area contributed by atoms with Gasteiger partial charge >= 0.3 is 0 Å². The van der Waals surface area contributed by atoms with E-state index in [-0.39, 0.29) is 5.69 Å². The van der Waals surface area contributed by atoms with Crippen LogP contribution in [0, 0.1) is 11.8 Å². The number of aromatic nitrogens is 3. The molecule has 0 bridgehead atoms. The second kappa shape index (κ2) is 8.91. The molecule has 166 valence electrons. The first-order valence-electron chi connectivity index (χ1n) is 10.4. The minimum Gasteiger partial charge on any atom is -0.503 e. The number of nitrogens with one attached hydrogen (secondary N) is 1. The highest BCUT2D eigenvalue weighted by atomic mass is 35.5. The van der Waals surface area contributed by atoms with Gasteiger partial charge in [0.15, 0.2) is 11.9 Å². The Labute approximate surface area is 199 Å². The predicted molar refractivity (Wildman–Crippen MR) is 132 cm³/mol. The highest BCUT2D eigenvalue weighted by Gasteiger charge is 2.16. The fraction of sp³-hybridized carbons (Fsp3) is 0.0370. The van der Waals surface area contributed by atoms with Crippen molar-refractivity contribution in [1.82, 2.24) is 14.5 Å². The van der Waals surface area contributed by atoms with Gasteiger partial charge in [-0.3, -0.25) is 4.79 Å². The number of aliphatic hydroxyl groups excluding tert-OH is 1. The van der Waals surface area contributed by atoms with Crippen LogP contribution in [0.15, 0.2) is 90.1 Å². The van der Waals surface area contributed by atoms with Crippen molar-refractivity contribution in [2.24, 2.45) is 0 Å². The molecule has 5 rings (SSSR count). The summed E-state index contributed by atoms with van der Waals surface area (Å²) < 4.78 is 1.55. The van der Waals surface area contributed by atoms with Crippen molar-refractivity contribution in [3.63, 3.8) is 0 Å². The zero-order valence-corrected chi connectivity index (χ0v) is 18.5. The number of hydrogen-bond acceptors (Lipinski definition) is 4. The lowest BCUT2D eigenvalue weighted by molar-refractivity contribution is 0.230. The molecule has 0 amide bonds. The van der Waals surface area contributed by atoms with Gasteiger partial charge in [0.05, 0.1) is 16.9 Å². The number of aromatic amines is 1. The predicted octanol–water partition coefficient (Wildman–Crippen LogP) is 4.82. The van der Waals surface area contributed by atoms with E-state index in [2.05, 4.69) is 21.8 Å². The maximum atomic E-state index is 12.2. The van der Waals surface area contributed by atoms with Crippen molar-refractivity contribution in [3.8, 4) is 34.4 Å². The van der Waals surface area contributed by atoms with Gasteiger partial charge in [-0.2, -0.15) is 0 Å². The number of aliphatic hydroxyl groups is 1. The van der Waals surface area contributed by atoms with Crippen molar-refractivity contribution in [2.75, 3.05) is 0 Å². The SMILES string of the molecule is O=c1cc(C(O)C#Cc2ccccc2)n(-c2cccc(-c3c(Cl)cnc4[nH]ccc34)c2)cc1O. The maximum Gasteiger partial charge on any atom is 0.223 e. The summed E-state index contributed by atoms with van der Waals surface area (Å²) in [6.07, 6.45) is 3.39. The van der Waals surface area contributed by atoms with E-state index in [0.29, 0.717) is 16.4 Å². The Bertz CT molecular complexity index is 1630. The Morgan fingerprint density at radius 1 is 1.06 bits per heavy atom. The van der Waals surface area contributed by atoms with Gasteiger partial charge in [0, 0.05) is 40.7 Å². The first-order chi connectivity index (χ1) is 16.5. The van der Waals surface area contributed by atoms with Gasteiger partial charge in [-0.1, -0.05) is 53.8 Å². The van der Waals surface area contributed by atoms with Crippen LogP contribution in [-0.2, 0) is 0 Å². The van der Waals surface area contributed by atoms with Gasteiger partial charge in [0.1, 0.15) is 5.65 Å². The van der Waals surface area contributed by atoms with Gasteiger partial charge in [-0.05, 0) is 35.9 Å². The molecule has 0 aliphatic heterocycles. The van der Waals surface area contributed by atoms with Crippen LogP contribution in [0.2, 0.25) is 5.02 Å². The molecule has 3 aromatic heterocycles. The number of fused-ring (bicyclic) bond motifs is 1. The number of aromatic hydroxyl groups is 1. The van der Waals surface area contributed by atoms with Crippen LogP contribution in [-0.4, -0.2) is 24.7 Å². The van der Waals surface area contributed by atoms with E-state index in [1.54, 1.807) is 23.0 Å². The smallest absolute Gasteiger partial charge is 0.223 e. The fourth-order valence-electron chi connectivity index (χ4n) is 3.81. The van der Waals surface area contributed by atoms with Gasteiger partial charge in [0.25, 0.3) is 0 Å². The molecule has 0 saturated carbocycles. The van der Waals surface area contributed by atoms with E-state index >= 15 is 0 Å². The highest BCUT2D eigenvalue weighted by molar-refractivity contribution is 6.34. The van der Waals surface area contributed by atoms with E-state index in [9.17, 15) is 15.0 Å². The third-order valence-electron chi connectivity index (χ3n) is 5.42. The van der Waals surface area contributed by atoms with Gasteiger partial charge < -0.3 is 19.8 Å². The molecular weight excluding hydrogens is 450 g/mol. The summed E-state index contributed by atoms with van der Waals surface area (Å²) in [4.78, 5) is 19.6. The van der Waals surface area contributed by atoms with E-state index in [0.717, 1.165) is 22.1 Å². The number of H-pyrrole nitrogens is 1. The summed E-state index contributed by atoms with van der Waals surface area (Å²) in [6, 6.07) is 19.7. The minimum absolute atomic E-state index is 0.232. The quantitative estimate of drug-likeness (QED) is 0.332.